The first-order valence-corrected chi connectivity index (χ1v) is 13.4. The van der Waals surface area contributed by atoms with Gasteiger partial charge in [0.1, 0.15) is 0 Å². The van der Waals surface area contributed by atoms with Gasteiger partial charge in [-0.05, 0) is 79.4 Å². The molecule has 6 heteroatoms. The van der Waals surface area contributed by atoms with Gasteiger partial charge in [-0.1, -0.05) is 54.2 Å². The SMILES string of the molecule is C=C(N)c1ccc2c(c1)nc(Nc1ccc(S(=C)(=C)N)cc1)n2C/C(=C/C)c1cc(C)ccc1C. The van der Waals surface area contributed by atoms with Crippen molar-refractivity contribution in [2.45, 2.75) is 32.2 Å². The molecule has 0 amide bonds. The summed E-state index contributed by atoms with van der Waals surface area (Å²) < 4.78 is 2.20. The van der Waals surface area contributed by atoms with Crippen LogP contribution >= 0.6 is 9.39 Å². The quantitative estimate of drug-likeness (QED) is 0.268. The zero-order valence-corrected chi connectivity index (χ0v) is 21.5. The first kappa shape index (κ1) is 24.4. The van der Waals surface area contributed by atoms with Crippen molar-refractivity contribution in [1.82, 2.24) is 9.55 Å². The van der Waals surface area contributed by atoms with E-state index in [4.69, 9.17) is 15.9 Å². The number of aryl methyl sites for hydroxylation is 2. The van der Waals surface area contributed by atoms with Gasteiger partial charge in [-0.15, -0.1) is 9.39 Å². The Hall–Kier alpha value is -3.74. The molecule has 0 saturated heterocycles. The van der Waals surface area contributed by atoms with Crippen LogP contribution in [-0.4, -0.2) is 21.3 Å². The molecule has 35 heavy (non-hydrogen) atoms. The number of anilines is 2. The number of hydrogen-bond acceptors (Lipinski definition) is 4. The van der Waals surface area contributed by atoms with Gasteiger partial charge in [0, 0.05) is 16.3 Å². The monoisotopic (exact) mass is 483 g/mol. The van der Waals surface area contributed by atoms with Crippen LogP contribution < -0.4 is 16.2 Å². The summed E-state index contributed by atoms with van der Waals surface area (Å²) >= 11 is 0. The predicted octanol–water partition coefficient (Wildman–Crippen LogP) is 6.33. The van der Waals surface area contributed by atoms with Crippen LogP contribution in [0.5, 0.6) is 0 Å². The van der Waals surface area contributed by atoms with Crippen LogP contribution in [0.15, 0.2) is 78.2 Å². The summed E-state index contributed by atoms with van der Waals surface area (Å²) in [6, 6.07) is 20.5. The fraction of sp³-hybridized carbons (Fsp3) is 0.138. The van der Waals surface area contributed by atoms with Crippen molar-refractivity contribution in [2.75, 3.05) is 5.32 Å². The molecular formula is C29H33N5S. The highest BCUT2D eigenvalue weighted by Crippen LogP contribution is 2.31. The maximum atomic E-state index is 6.12. The molecule has 180 valence electrons. The van der Waals surface area contributed by atoms with E-state index in [1.165, 1.54) is 22.3 Å². The van der Waals surface area contributed by atoms with Crippen molar-refractivity contribution in [1.29, 1.82) is 0 Å². The average Bonchev–Trinajstić information content (AvgIpc) is 3.14. The molecule has 5 nitrogen and oxygen atoms in total. The molecule has 1 heterocycles. The lowest BCUT2D eigenvalue weighted by molar-refractivity contribution is 0.872. The van der Waals surface area contributed by atoms with Crippen LogP contribution in [0.25, 0.3) is 22.3 Å². The number of rotatable bonds is 7. The number of benzene rings is 3. The lowest BCUT2D eigenvalue weighted by Gasteiger charge is -2.16. The highest BCUT2D eigenvalue weighted by atomic mass is 32.2. The van der Waals surface area contributed by atoms with Gasteiger partial charge in [-0.25, -0.2) is 4.98 Å². The Morgan fingerprint density at radius 1 is 1.06 bits per heavy atom. The van der Waals surface area contributed by atoms with Gasteiger partial charge in [0.15, 0.2) is 0 Å². The lowest BCUT2D eigenvalue weighted by atomic mass is 9.98. The van der Waals surface area contributed by atoms with E-state index in [0.29, 0.717) is 12.2 Å². The zero-order chi connectivity index (χ0) is 25.3. The highest BCUT2D eigenvalue weighted by Gasteiger charge is 2.15. The minimum absolute atomic E-state index is 0.519. The molecule has 0 aliphatic carbocycles. The van der Waals surface area contributed by atoms with Crippen molar-refractivity contribution in [3.05, 3.63) is 95.6 Å². The molecule has 1 aromatic heterocycles. The summed E-state index contributed by atoms with van der Waals surface area (Å²) in [4.78, 5) is 5.87. The van der Waals surface area contributed by atoms with Gasteiger partial charge >= 0.3 is 0 Å². The Kier molecular flexibility index (Phi) is 6.61. The zero-order valence-electron chi connectivity index (χ0n) is 20.6. The second-order valence-corrected chi connectivity index (χ2v) is 11.3. The number of hydrogen-bond donors (Lipinski definition) is 3. The van der Waals surface area contributed by atoms with Gasteiger partial charge in [-0.3, -0.25) is 5.14 Å². The summed E-state index contributed by atoms with van der Waals surface area (Å²) in [6.07, 6.45) is 2.17. The van der Waals surface area contributed by atoms with Gasteiger partial charge < -0.3 is 15.6 Å². The van der Waals surface area contributed by atoms with Gasteiger partial charge in [0.25, 0.3) is 0 Å². The van der Waals surface area contributed by atoms with Crippen molar-refractivity contribution >= 4 is 55.1 Å². The number of fused-ring (bicyclic) bond motifs is 1. The molecule has 4 aromatic rings. The molecule has 5 N–H and O–H groups in total. The minimum atomic E-state index is -1.77. The summed E-state index contributed by atoms with van der Waals surface area (Å²) in [5, 5.41) is 9.62. The predicted molar refractivity (Wildman–Crippen MR) is 157 cm³/mol. The van der Waals surface area contributed by atoms with Crippen LogP contribution in [-0.2, 0) is 6.54 Å². The van der Waals surface area contributed by atoms with Crippen molar-refractivity contribution in [3.8, 4) is 0 Å². The summed E-state index contributed by atoms with van der Waals surface area (Å²) in [5.74, 6) is 8.73. The number of aromatic nitrogens is 2. The van der Waals surface area contributed by atoms with Crippen molar-refractivity contribution in [3.63, 3.8) is 0 Å². The Labute approximate surface area is 208 Å². The Balaban J connectivity index is 1.80. The van der Waals surface area contributed by atoms with Crippen LogP contribution in [0.1, 0.15) is 29.2 Å². The van der Waals surface area contributed by atoms with E-state index in [0.717, 1.165) is 33.1 Å². The molecule has 0 fully saturated rings. The third kappa shape index (κ3) is 5.19. The fourth-order valence-corrected chi connectivity index (χ4v) is 4.79. The van der Waals surface area contributed by atoms with E-state index in [-0.39, 0.29) is 0 Å². The van der Waals surface area contributed by atoms with Crippen LogP contribution in [0.2, 0.25) is 0 Å². The van der Waals surface area contributed by atoms with E-state index in [1.54, 1.807) is 0 Å². The van der Waals surface area contributed by atoms with E-state index in [9.17, 15) is 0 Å². The normalized spacial score (nSPS) is 12.2. The lowest BCUT2D eigenvalue weighted by Crippen LogP contribution is -2.07. The maximum Gasteiger partial charge on any atom is 0.208 e. The van der Waals surface area contributed by atoms with E-state index < -0.39 is 9.39 Å². The Bertz CT molecular complexity index is 1550. The molecule has 0 aliphatic heterocycles. The Morgan fingerprint density at radius 2 is 1.77 bits per heavy atom. The molecule has 0 unspecified atom stereocenters. The van der Waals surface area contributed by atoms with E-state index in [2.05, 4.69) is 79.3 Å². The van der Waals surface area contributed by atoms with Gasteiger partial charge in [0.2, 0.25) is 5.95 Å². The average molecular weight is 484 g/mol. The summed E-state index contributed by atoms with van der Waals surface area (Å²) in [7, 11) is -1.77. The first-order chi connectivity index (χ1) is 16.6. The van der Waals surface area contributed by atoms with Crippen LogP contribution in [0, 0.1) is 13.8 Å². The van der Waals surface area contributed by atoms with E-state index >= 15 is 0 Å². The molecular weight excluding hydrogens is 450 g/mol. The number of nitrogens with two attached hydrogens (primary N) is 2. The van der Waals surface area contributed by atoms with Gasteiger partial charge in [0.05, 0.1) is 17.6 Å². The Morgan fingerprint density at radius 3 is 2.40 bits per heavy atom. The molecule has 0 radical (unpaired) electrons. The molecule has 3 aromatic carbocycles. The molecule has 0 aliphatic rings. The third-order valence-corrected chi connectivity index (χ3v) is 7.33. The molecule has 4 rings (SSSR count). The number of imidazole rings is 1. The maximum absolute atomic E-state index is 6.12. The highest BCUT2D eigenvalue weighted by molar-refractivity contribution is 8.26. The smallest absolute Gasteiger partial charge is 0.208 e. The van der Waals surface area contributed by atoms with Crippen LogP contribution in [0.3, 0.4) is 0 Å². The van der Waals surface area contributed by atoms with Crippen LogP contribution in [0.4, 0.5) is 11.6 Å². The largest absolute Gasteiger partial charge is 0.399 e. The molecule has 0 spiro atoms. The molecule has 0 saturated carbocycles. The molecule has 0 bridgehead atoms. The summed E-state index contributed by atoms with van der Waals surface area (Å²) in [5.41, 5.74) is 15.1. The topological polar surface area (TPSA) is 81.9 Å². The second kappa shape index (κ2) is 9.49. The number of nitrogens with one attached hydrogen (secondary N) is 1. The third-order valence-electron chi connectivity index (χ3n) is 6.11. The summed E-state index contributed by atoms with van der Waals surface area (Å²) in [6.45, 7) is 10.9. The van der Waals surface area contributed by atoms with E-state index in [1.807, 2.05) is 36.4 Å². The minimum Gasteiger partial charge on any atom is -0.399 e. The fourth-order valence-electron chi connectivity index (χ4n) is 4.11. The second-order valence-electron chi connectivity index (χ2n) is 8.98. The number of nitrogens with zero attached hydrogens (tertiary/aromatic N) is 2. The first-order valence-electron chi connectivity index (χ1n) is 11.4. The number of allylic oxidation sites excluding steroid dienone is 2. The standard InChI is InChI=1S/C29H33N5S/c1-7-22(26-16-19(2)8-9-20(26)3)18-34-28-15-10-23(21(4)30)17-27(28)33-29(34)32-24-11-13-25(14-12-24)35(5,6)31/h7-17H,4-6,18,30-31H2,1-3H3,(H,32,33)/b22-7-. The molecule has 0 atom stereocenters. The van der Waals surface area contributed by atoms with Gasteiger partial charge in [-0.2, -0.15) is 0 Å². The van der Waals surface area contributed by atoms with Crippen molar-refractivity contribution < 1.29 is 0 Å². The van der Waals surface area contributed by atoms with Crippen molar-refractivity contribution in [2.24, 2.45) is 10.9 Å².